The fraction of sp³-hybridized carbons (Fsp3) is 0.333. The van der Waals surface area contributed by atoms with Crippen molar-refractivity contribution in [3.63, 3.8) is 0 Å². The van der Waals surface area contributed by atoms with Crippen LogP contribution in [-0.4, -0.2) is 15.1 Å². The standard InChI is InChI=1S/C15H18N2O2/c1-4-13-14(7-5-10(2)17-13)19-15-8-6-12(9-16-15)11(3)18/h5-9,11,18H,4H2,1-3H3/t11-/m0/s1. The molecule has 4 nitrogen and oxygen atoms in total. The van der Waals surface area contributed by atoms with Crippen molar-refractivity contribution in [3.05, 3.63) is 47.4 Å². The molecule has 0 aliphatic carbocycles. The summed E-state index contributed by atoms with van der Waals surface area (Å²) in [7, 11) is 0. The molecule has 2 aromatic heterocycles. The number of aliphatic hydroxyl groups is 1. The van der Waals surface area contributed by atoms with Gasteiger partial charge >= 0.3 is 0 Å². The number of nitrogens with zero attached hydrogens (tertiary/aromatic N) is 2. The van der Waals surface area contributed by atoms with Crippen LogP contribution in [0.5, 0.6) is 11.6 Å². The normalized spacial score (nSPS) is 12.2. The highest BCUT2D eigenvalue weighted by Gasteiger charge is 2.07. The van der Waals surface area contributed by atoms with E-state index in [9.17, 15) is 5.11 Å². The average molecular weight is 258 g/mol. The maximum Gasteiger partial charge on any atom is 0.219 e. The molecule has 100 valence electrons. The second kappa shape index (κ2) is 5.80. The van der Waals surface area contributed by atoms with Gasteiger partial charge in [0.1, 0.15) is 0 Å². The number of ether oxygens (including phenoxy) is 1. The number of aryl methyl sites for hydroxylation is 2. The van der Waals surface area contributed by atoms with E-state index >= 15 is 0 Å². The first kappa shape index (κ1) is 13.5. The number of hydrogen-bond donors (Lipinski definition) is 1. The van der Waals surface area contributed by atoms with E-state index in [-0.39, 0.29) is 0 Å². The smallest absolute Gasteiger partial charge is 0.219 e. The summed E-state index contributed by atoms with van der Waals surface area (Å²) in [6.45, 7) is 5.70. The van der Waals surface area contributed by atoms with Crippen LogP contribution in [0, 0.1) is 6.92 Å². The Bertz CT molecular complexity index is 551. The molecule has 0 aliphatic heterocycles. The Hall–Kier alpha value is -1.94. The lowest BCUT2D eigenvalue weighted by molar-refractivity contribution is 0.198. The summed E-state index contributed by atoms with van der Waals surface area (Å²) in [5.74, 6) is 1.23. The van der Waals surface area contributed by atoms with Crippen LogP contribution in [0.15, 0.2) is 30.5 Å². The highest BCUT2D eigenvalue weighted by molar-refractivity contribution is 5.33. The lowest BCUT2D eigenvalue weighted by Crippen LogP contribution is -1.98. The zero-order chi connectivity index (χ0) is 13.8. The van der Waals surface area contributed by atoms with Gasteiger partial charge in [0.05, 0.1) is 11.8 Å². The molecule has 0 saturated heterocycles. The van der Waals surface area contributed by atoms with Crippen LogP contribution < -0.4 is 4.74 Å². The predicted octanol–water partition coefficient (Wildman–Crippen LogP) is 3.19. The first-order chi connectivity index (χ1) is 9.10. The Labute approximate surface area is 113 Å². The third kappa shape index (κ3) is 3.29. The number of pyridine rings is 2. The van der Waals surface area contributed by atoms with Gasteiger partial charge in [-0.05, 0) is 44.0 Å². The minimum Gasteiger partial charge on any atom is -0.437 e. The summed E-state index contributed by atoms with van der Waals surface area (Å²) in [5.41, 5.74) is 2.66. The van der Waals surface area contributed by atoms with Crippen molar-refractivity contribution in [2.24, 2.45) is 0 Å². The van der Waals surface area contributed by atoms with Gasteiger partial charge in [-0.25, -0.2) is 4.98 Å². The first-order valence-corrected chi connectivity index (χ1v) is 6.38. The van der Waals surface area contributed by atoms with E-state index < -0.39 is 6.10 Å². The lowest BCUT2D eigenvalue weighted by atomic mass is 10.2. The molecule has 0 aromatic carbocycles. The molecule has 0 radical (unpaired) electrons. The molecule has 1 atom stereocenters. The molecule has 0 amide bonds. The van der Waals surface area contributed by atoms with Gasteiger partial charge in [-0.1, -0.05) is 6.92 Å². The van der Waals surface area contributed by atoms with Crippen molar-refractivity contribution in [3.8, 4) is 11.6 Å². The van der Waals surface area contributed by atoms with Gasteiger partial charge in [0.15, 0.2) is 5.75 Å². The predicted molar refractivity (Wildman–Crippen MR) is 73.3 cm³/mol. The number of rotatable bonds is 4. The topological polar surface area (TPSA) is 55.2 Å². The second-order valence-corrected chi connectivity index (χ2v) is 4.46. The Balaban J connectivity index is 2.21. The fourth-order valence-corrected chi connectivity index (χ4v) is 1.76. The number of aliphatic hydroxyl groups excluding tert-OH is 1. The lowest BCUT2D eigenvalue weighted by Gasteiger charge is -2.10. The maximum atomic E-state index is 9.43. The van der Waals surface area contributed by atoms with Crippen LogP contribution in [0.25, 0.3) is 0 Å². The van der Waals surface area contributed by atoms with Crippen LogP contribution in [0.2, 0.25) is 0 Å². The largest absolute Gasteiger partial charge is 0.437 e. The van der Waals surface area contributed by atoms with Crippen LogP contribution in [0.1, 0.15) is 36.9 Å². The van der Waals surface area contributed by atoms with Crippen LogP contribution in [0.3, 0.4) is 0 Å². The Morgan fingerprint density at radius 1 is 1.26 bits per heavy atom. The van der Waals surface area contributed by atoms with Crippen molar-refractivity contribution in [1.82, 2.24) is 9.97 Å². The Morgan fingerprint density at radius 2 is 2.05 bits per heavy atom. The first-order valence-electron chi connectivity index (χ1n) is 6.38. The summed E-state index contributed by atoms with van der Waals surface area (Å²) in [4.78, 5) is 8.62. The van der Waals surface area contributed by atoms with Crippen LogP contribution >= 0.6 is 0 Å². The zero-order valence-corrected chi connectivity index (χ0v) is 11.4. The molecule has 0 spiro atoms. The van der Waals surface area contributed by atoms with E-state index in [1.54, 1.807) is 25.3 Å². The average Bonchev–Trinajstić information content (AvgIpc) is 2.41. The van der Waals surface area contributed by atoms with Crippen LogP contribution in [0.4, 0.5) is 0 Å². The number of hydrogen-bond acceptors (Lipinski definition) is 4. The molecular weight excluding hydrogens is 240 g/mol. The molecule has 19 heavy (non-hydrogen) atoms. The SMILES string of the molecule is CCc1nc(C)ccc1Oc1ccc([C@H](C)O)cn1. The second-order valence-electron chi connectivity index (χ2n) is 4.46. The molecule has 2 heterocycles. The van der Waals surface area contributed by atoms with E-state index in [1.165, 1.54) is 0 Å². The molecule has 0 bridgehead atoms. The van der Waals surface area contributed by atoms with Crippen molar-refractivity contribution in [2.45, 2.75) is 33.3 Å². The monoisotopic (exact) mass is 258 g/mol. The van der Waals surface area contributed by atoms with Gasteiger partial charge in [0.25, 0.3) is 0 Å². The number of aromatic nitrogens is 2. The van der Waals surface area contributed by atoms with E-state index in [4.69, 9.17) is 4.74 Å². The van der Waals surface area contributed by atoms with Gasteiger partial charge in [-0.2, -0.15) is 0 Å². The van der Waals surface area contributed by atoms with E-state index in [2.05, 4.69) is 9.97 Å². The summed E-state index contributed by atoms with van der Waals surface area (Å²) in [5, 5.41) is 9.43. The minimum atomic E-state index is -0.520. The van der Waals surface area contributed by atoms with Crippen molar-refractivity contribution in [1.29, 1.82) is 0 Å². The highest BCUT2D eigenvalue weighted by Crippen LogP contribution is 2.24. The van der Waals surface area contributed by atoms with Crippen molar-refractivity contribution in [2.75, 3.05) is 0 Å². The molecular formula is C15H18N2O2. The molecule has 4 heteroatoms. The van der Waals surface area contributed by atoms with E-state index in [1.807, 2.05) is 26.0 Å². The molecule has 0 aliphatic rings. The maximum absolute atomic E-state index is 9.43. The molecule has 0 unspecified atom stereocenters. The molecule has 1 N–H and O–H groups in total. The Morgan fingerprint density at radius 3 is 2.63 bits per heavy atom. The fourth-order valence-electron chi connectivity index (χ4n) is 1.76. The summed E-state index contributed by atoms with van der Waals surface area (Å²) in [6, 6.07) is 7.38. The molecule has 2 aromatic rings. The van der Waals surface area contributed by atoms with Crippen LogP contribution in [-0.2, 0) is 6.42 Å². The van der Waals surface area contributed by atoms with Crippen molar-refractivity contribution >= 4 is 0 Å². The van der Waals surface area contributed by atoms with Crippen molar-refractivity contribution < 1.29 is 9.84 Å². The highest BCUT2D eigenvalue weighted by atomic mass is 16.5. The molecule has 2 rings (SSSR count). The third-order valence-corrected chi connectivity index (χ3v) is 2.86. The van der Waals surface area contributed by atoms with E-state index in [0.29, 0.717) is 5.88 Å². The summed E-state index contributed by atoms with van der Waals surface area (Å²) in [6.07, 6.45) is 1.91. The molecule has 0 saturated carbocycles. The van der Waals surface area contributed by atoms with Gasteiger partial charge in [0.2, 0.25) is 5.88 Å². The minimum absolute atomic E-state index is 0.504. The van der Waals surface area contributed by atoms with E-state index in [0.717, 1.165) is 29.1 Å². The van der Waals surface area contributed by atoms with Gasteiger partial charge in [-0.3, -0.25) is 4.98 Å². The van der Waals surface area contributed by atoms with Gasteiger partial charge < -0.3 is 9.84 Å². The van der Waals surface area contributed by atoms with Gasteiger partial charge in [-0.15, -0.1) is 0 Å². The van der Waals surface area contributed by atoms with Gasteiger partial charge in [0, 0.05) is 18.0 Å². The summed E-state index contributed by atoms with van der Waals surface area (Å²) < 4.78 is 5.73. The Kier molecular flexibility index (Phi) is 4.12. The zero-order valence-electron chi connectivity index (χ0n) is 11.4. The summed E-state index contributed by atoms with van der Waals surface area (Å²) >= 11 is 0. The quantitative estimate of drug-likeness (QED) is 0.915. The third-order valence-electron chi connectivity index (χ3n) is 2.86. The molecule has 0 fully saturated rings.